The molecule has 0 aliphatic heterocycles. The maximum atomic E-state index is 13.9. The molecular formula is C22H32N8O2. The lowest BCUT2D eigenvalue weighted by Gasteiger charge is -2.29. The van der Waals surface area contributed by atoms with Crippen LogP contribution in [0.25, 0.3) is 0 Å². The van der Waals surface area contributed by atoms with Gasteiger partial charge in [0.05, 0.1) is 46.9 Å². The average Bonchev–Trinajstić information content (AvgIpc) is 2.66. The number of carbonyl (C=O) groups is 2. The third kappa shape index (κ3) is 4.53. The maximum absolute atomic E-state index is 13.9. The molecule has 0 radical (unpaired) electrons. The van der Waals surface area contributed by atoms with Crippen LogP contribution in [0.15, 0.2) is 24.3 Å². The van der Waals surface area contributed by atoms with Gasteiger partial charge in [0, 0.05) is 22.7 Å². The van der Waals surface area contributed by atoms with Crippen molar-refractivity contribution in [3.8, 4) is 0 Å². The summed E-state index contributed by atoms with van der Waals surface area (Å²) in [5.41, 5.74) is 26.5. The fourth-order valence-electron chi connectivity index (χ4n) is 3.86. The van der Waals surface area contributed by atoms with Gasteiger partial charge in [-0.1, -0.05) is 0 Å². The second kappa shape index (κ2) is 9.13. The predicted molar refractivity (Wildman–Crippen MR) is 129 cm³/mol. The van der Waals surface area contributed by atoms with Crippen molar-refractivity contribution in [2.75, 3.05) is 21.3 Å². The van der Waals surface area contributed by atoms with Gasteiger partial charge in [-0.05, 0) is 52.0 Å². The summed E-state index contributed by atoms with van der Waals surface area (Å²) in [4.78, 5) is 27.8. The normalized spacial score (nSPS) is 16.4. The highest BCUT2D eigenvalue weighted by Crippen LogP contribution is 2.42. The van der Waals surface area contributed by atoms with Crippen LogP contribution in [0, 0.1) is 0 Å². The third-order valence-corrected chi connectivity index (χ3v) is 4.85. The van der Waals surface area contributed by atoms with Crippen molar-refractivity contribution < 1.29 is 9.59 Å². The molecule has 0 aromatic heterocycles. The Morgan fingerprint density at radius 2 is 0.688 bits per heavy atom. The molecular weight excluding hydrogens is 408 g/mol. The Morgan fingerprint density at radius 1 is 0.500 bits per heavy atom. The molecule has 1 aliphatic carbocycles. The number of hydrogen-bond acceptors (Lipinski definition) is 10. The monoisotopic (exact) mass is 440 g/mol. The largest absolute Gasteiger partial charge is 0.370 e. The fraction of sp³-hybridized carbons (Fsp3) is 0.364. The number of fused-ring (bicyclic) bond motifs is 2. The van der Waals surface area contributed by atoms with Gasteiger partial charge < -0.3 is 44.2 Å². The van der Waals surface area contributed by atoms with E-state index in [0.29, 0.717) is 22.7 Å². The number of carbonyl (C=O) groups excluding carboxylic acids is 2. The Balaban J connectivity index is 2.34. The standard InChI is InChI=1S/C22H32N8O2/c1-9(23)27-13-5-6-14(28-10(2)24)18-17(13)21(31)19-15(29-11(3)25)7-8-16(30-12(4)26)20(19)22(18)32/h5-12,27-30H,23-26H2,1-4H3. The van der Waals surface area contributed by atoms with Gasteiger partial charge in [-0.15, -0.1) is 0 Å². The lowest BCUT2D eigenvalue weighted by molar-refractivity contribution is 0.0981. The van der Waals surface area contributed by atoms with Crippen molar-refractivity contribution in [1.82, 2.24) is 0 Å². The van der Waals surface area contributed by atoms with Crippen molar-refractivity contribution in [3.63, 3.8) is 0 Å². The molecule has 0 saturated carbocycles. The molecule has 0 fully saturated rings. The van der Waals surface area contributed by atoms with Crippen LogP contribution in [-0.2, 0) is 0 Å². The molecule has 2 aromatic carbocycles. The van der Waals surface area contributed by atoms with Crippen LogP contribution in [0.5, 0.6) is 0 Å². The van der Waals surface area contributed by atoms with Crippen molar-refractivity contribution in [1.29, 1.82) is 0 Å². The van der Waals surface area contributed by atoms with Gasteiger partial charge in [0.2, 0.25) is 0 Å². The van der Waals surface area contributed by atoms with Gasteiger partial charge in [0.1, 0.15) is 0 Å². The minimum atomic E-state index is -0.441. The second-order valence-corrected chi connectivity index (χ2v) is 8.21. The van der Waals surface area contributed by atoms with Crippen LogP contribution in [0.1, 0.15) is 59.5 Å². The van der Waals surface area contributed by atoms with E-state index in [0.717, 1.165) is 0 Å². The van der Waals surface area contributed by atoms with E-state index in [1.165, 1.54) is 0 Å². The number of nitrogens with one attached hydrogen (secondary N) is 4. The SMILES string of the molecule is CC(N)Nc1ccc(NC(C)N)c2c1C(=O)c1c(NC(C)N)ccc(NC(C)N)c1C2=O. The summed E-state index contributed by atoms with van der Waals surface area (Å²) in [6.45, 7) is 6.99. The molecule has 4 unspecified atom stereocenters. The summed E-state index contributed by atoms with van der Waals surface area (Å²) >= 11 is 0. The van der Waals surface area contributed by atoms with Crippen LogP contribution in [0.4, 0.5) is 22.7 Å². The molecule has 2 aromatic rings. The van der Waals surface area contributed by atoms with Crippen molar-refractivity contribution >= 4 is 34.3 Å². The first-order valence-electron chi connectivity index (χ1n) is 10.5. The van der Waals surface area contributed by atoms with Crippen LogP contribution >= 0.6 is 0 Å². The van der Waals surface area contributed by atoms with Crippen molar-refractivity contribution in [3.05, 3.63) is 46.5 Å². The Morgan fingerprint density at radius 3 is 0.844 bits per heavy atom. The van der Waals surface area contributed by atoms with Crippen molar-refractivity contribution in [2.45, 2.75) is 52.4 Å². The third-order valence-electron chi connectivity index (χ3n) is 4.85. The topological polar surface area (TPSA) is 186 Å². The quantitative estimate of drug-likeness (QED) is 0.237. The Kier molecular flexibility index (Phi) is 6.70. The average molecular weight is 441 g/mol. The van der Waals surface area contributed by atoms with Gasteiger partial charge in [0.25, 0.3) is 0 Å². The lowest BCUT2D eigenvalue weighted by Crippen LogP contribution is -2.34. The molecule has 0 heterocycles. The van der Waals surface area contributed by atoms with E-state index < -0.39 is 24.7 Å². The smallest absolute Gasteiger partial charge is 0.198 e. The molecule has 0 spiro atoms. The van der Waals surface area contributed by atoms with Gasteiger partial charge in [-0.2, -0.15) is 0 Å². The fourth-order valence-corrected chi connectivity index (χ4v) is 3.86. The first-order chi connectivity index (χ1) is 15.0. The molecule has 0 amide bonds. The Labute approximate surface area is 187 Å². The lowest BCUT2D eigenvalue weighted by atomic mass is 9.80. The van der Waals surface area contributed by atoms with E-state index in [-0.39, 0.29) is 33.8 Å². The zero-order valence-electron chi connectivity index (χ0n) is 18.7. The number of benzene rings is 2. The predicted octanol–water partition coefficient (Wildman–Crippen LogP) is 1.33. The summed E-state index contributed by atoms with van der Waals surface area (Å²) < 4.78 is 0. The van der Waals surface area contributed by atoms with E-state index in [1.807, 2.05) is 0 Å². The van der Waals surface area contributed by atoms with E-state index >= 15 is 0 Å². The Bertz CT molecular complexity index is 885. The Hall–Kier alpha value is -3.18. The summed E-state index contributed by atoms with van der Waals surface area (Å²) in [7, 11) is 0. The number of hydrogen-bond donors (Lipinski definition) is 8. The number of ketones is 2. The zero-order chi connectivity index (χ0) is 23.7. The molecule has 10 heteroatoms. The van der Waals surface area contributed by atoms with Gasteiger partial charge in [-0.25, -0.2) is 0 Å². The molecule has 3 rings (SSSR count). The molecule has 32 heavy (non-hydrogen) atoms. The number of nitrogens with two attached hydrogens (primary N) is 4. The van der Waals surface area contributed by atoms with Gasteiger partial charge in [0.15, 0.2) is 11.6 Å². The number of anilines is 4. The molecule has 12 N–H and O–H groups in total. The van der Waals surface area contributed by atoms with E-state index in [4.69, 9.17) is 22.9 Å². The molecule has 172 valence electrons. The molecule has 10 nitrogen and oxygen atoms in total. The van der Waals surface area contributed by atoms with Crippen molar-refractivity contribution in [2.24, 2.45) is 22.9 Å². The van der Waals surface area contributed by atoms with Gasteiger partial charge in [-0.3, -0.25) is 9.59 Å². The highest BCUT2D eigenvalue weighted by Gasteiger charge is 2.38. The first-order valence-corrected chi connectivity index (χ1v) is 10.5. The second-order valence-electron chi connectivity index (χ2n) is 8.21. The van der Waals surface area contributed by atoms with E-state index in [9.17, 15) is 9.59 Å². The summed E-state index contributed by atoms with van der Waals surface area (Å²) in [5, 5.41) is 12.3. The highest BCUT2D eigenvalue weighted by atomic mass is 16.1. The summed E-state index contributed by atoms with van der Waals surface area (Å²) in [5.74, 6) is -0.662. The molecule has 1 aliphatic rings. The highest BCUT2D eigenvalue weighted by molar-refractivity contribution is 6.35. The van der Waals surface area contributed by atoms with Gasteiger partial charge >= 0.3 is 0 Å². The number of rotatable bonds is 8. The zero-order valence-corrected chi connectivity index (χ0v) is 18.7. The minimum Gasteiger partial charge on any atom is -0.370 e. The van der Waals surface area contributed by atoms with Crippen LogP contribution in [-0.4, -0.2) is 36.2 Å². The summed E-state index contributed by atoms with van der Waals surface area (Å²) in [6.07, 6.45) is -1.77. The van der Waals surface area contributed by atoms with E-state index in [1.54, 1.807) is 52.0 Å². The molecule has 0 bridgehead atoms. The van der Waals surface area contributed by atoms with E-state index in [2.05, 4.69) is 21.3 Å². The molecule has 0 saturated heterocycles. The first kappa shape index (κ1) is 23.5. The van der Waals surface area contributed by atoms with Crippen LogP contribution < -0.4 is 44.2 Å². The maximum Gasteiger partial charge on any atom is 0.198 e. The summed E-state index contributed by atoms with van der Waals surface area (Å²) in [6, 6.07) is 6.86. The van der Waals surface area contributed by atoms with Crippen LogP contribution in [0.2, 0.25) is 0 Å². The molecule has 4 atom stereocenters. The van der Waals surface area contributed by atoms with Crippen LogP contribution in [0.3, 0.4) is 0 Å². The minimum absolute atomic E-state index is 0.233.